The quantitative estimate of drug-likeness (QED) is 0.473. The highest BCUT2D eigenvalue weighted by Gasteiger charge is 2.37. The zero-order valence-electron chi connectivity index (χ0n) is 9.86. The second-order valence-electron chi connectivity index (χ2n) is 3.44. The van der Waals surface area contributed by atoms with Crippen molar-refractivity contribution in [3.05, 3.63) is 47.7 Å². The van der Waals surface area contributed by atoms with E-state index < -0.39 is 17.7 Å². The van der Waals surface area contributed by atoms with Crippen molar-refractivity contribution in [2.75, 3.05) is 14.2 Å². The summed E-state index contributed by atoms with van der Waals surface area (Å²) in [4.78, 5) is 16.1. The predicted molar refractivity (Wildman–Crippen MR) is 59.7 cm³/mol. The van der Waals surface area contributed by atoms with Gasteiger partial charge < -0.3 is 0 Å². The van der Waals surface area contributed by atoms with Crippen molar-refractivity contribution in [2.24, 2.45) is 0 Å². The van der Waals surface area contributed by atoms with Gasteiger partial charge in [0.25, 0.3) is 0 Å². The second-order valence-corrected chi connectivity index (χ2v) is 3.44. The highest BCUT2D eigenvalue weighted by atomic mass is 19.4. The van der Waals surface area contributed by atoms with Crippen molar-refractivity contribution in [1.29, 1.82) is 0 Å². The SMILES string of the molecule is CON(C)/C(=C\C(=O)c1ccccc1)C(F)(F)F. The van der Waals surface area contributed by atoms with E-state index in [0.717, 1.165) is 14.2 Å². The third-order valence-electron chi connectivity index (χ3n) is 2.23. The molecule has 0 radical (unpaired) electrons. The van der Waals surface area contributed by atoms with Crippen molar-refractivity contribution in [3.8, 4) is 0 Å². The summed E-state index contributed by atoms with van der Waals surface area (Å²) >= 11 is 0. The number of ketones is 1. The van der Waals surface area contributed by atoms with Crippen molar-refractivity contribution >= 4 is 5.78 Å². The number of rotatable bonds is 4. The zero-order valence-corrected chi connectivity index (χ0v) is 9.86. The van der Waals surface area contributed by atoms with Gasteiger partial charge in [0.2, 0.25) is 0 Å². The van der Waals surface area contributed by atoms with Gasteiger partial charge in [0.05, 0.1) is 7.11 Å². The monoisotopic (exact) mass is 259 g/mol. The molecule has 1 aromatic rings. The molecule has 0 aliphatic carbocycles. The van der Waals surface area contributed by atoms with E-state index in [4.69, 9.17) is 0 Å². The fraction of sp³-hybridized carbons (Fsp3) is 0.250. The third kappa shape index (κ3) is 3.59. The van der Waals surface area contributed by atoms with Gasteiger partial charge in [-0.2, -0.15) is 13.2 Å². The van der Waals surface area contributed by atoms with Crippen LogP contribution in [0.3, 0.4) is 0 Å². The summed E-state index contributed by atoms with van der Waals surface area (Å²) in [5, 5.41) is 0.501. The number of carbonyl (C=O) groups excluding carboxylic acids is 1. The van der Waals surface area contributed by atoms with Crippen LogP contribution in [0, 0.1) is 0 Å². The molecule has 0 amide bonds. The standard InChI is InChI=1S/C12H12F3NO2/c1-16(18-2)11(12(13,14)15)8-10(17)9-6-4-3-5-7-9/h3-8H,1-2H3/b11-8-. The van der Waals surface area contributed by atoms with Gasteiger partial charge in [-0.1, -0.05) is 30.3 Å². The number of hydroxylamine groups is 2. The summed E-state index contributed by atoms with van der Waals surface area (Å²) in [6.45, 7) is 0. The smallest absolute Gasteiger partial charge is 0.289 e. The Labute approximate surface area is 102 Å². The lowest BCUT2D eigenvalue weighted by molar-refractivity contribution is -0.170. The normalized spacial score (nSPS) is 12.4. The van der Waals surface area contributed by atoms with Gasteiger partial charge in [-0.15, -0.1) is 0 Å². The Morgan fingerprint density at radius 2 is 1.83 bits per heavy atom. The summed E-state index contributed by atoms with van der Waals surface area (Å²) < 4.78 is 38.1. The zero-order chi connectivity index (χ0) is 13.8. The highest BCUT2D eigenvalue weighted by Crippen LogP contribution is 2.28. The molecule has 98 valence electrons. The largest absolute Gasteiger partial charge is 0.433 e. The van der Waals surface area contributed by atoms with Crippen LogP contribution in [0.5, 0.6) is 0 Å². The third-order valence-corrected chi connectivity index (χ3v) is 2.23. The summed E-state index contributed by atoms with van der Waals surface area (Å²) in [6, 6.07) is 7.72. The van der Waals surface area contributed by atoms with Gasteiger partial charge in [-0.25, -0.2) is 0 Å². The molecular weight excluding hydrogens is 247 g/mol. The number of hydrogen-bond donors (Lipinski definition) is 0. The molecular formula is C12H12F3NO2. The van der Waals surface area contributed by atoms with E-state index in [1.165, 1.54) is 12.1 Å². The average Bonchev–Trinajstić information content (AvgIpc) is 2.34. The Hall–Kier alpha value is -1.82. The minimum atomic E-state index is -4.66. The van der Waals surface area contributed by atoms with E-state index in [9.17, 15) is 18.0 Å². The van der Waals surface area contributed by atoms with Gasteiger partial charge in [0.15, 0.2) is 5.78 Å². The Balaban J connectivity index is 3.07. The van der Waals surface area contributed by atoms with Gasteiger partial charge >= 0.3 is 6.18 Å². The molecule has 0 atom stereocenters. The van der Waals surface area contributed by atoms with E-state index in [-0.39, 0.29) is 5.56 Å². The van der Waals surface area contributed by atoms with Crippen molar-refractivity contribution < 1.29 is 22.8 Å². The molecule has 0 fully saturated rings. The van der Waals surface area contributed by atoms with E-state index in [2.05, 4.69) is 4.84 Å². The summed E-state index contributed by atoms with van der Waals surface area (Å²) in [5.74, 6) is -0.730. The van der Waals surface area contributed by atoms with Crippen LogP contribution in [0.15, 0.2) is 42.1 Å². The van der Waals surface area contributed by atoms with Crippen LogP contribution in [0.1, 0.15) is 10.4 Å². The second kappa shape index (κ2) is 5.68. The van der Waals surface area contributed by atoms with Crippen LogP contribution in [0.2, 0.25) is 0 Å². The van der Waals surface area contributed by atoms with E-state index in [1.54, 1.807) is 18.2 Å². The number of allylic oxidation sites excluding steroid dienone is 2. The highest BCUT2D eigenvalue weighted by molar-refractivity contribution is 6.04. The summed E-state index contributed by atoms with van der Waals surface area (Å²) in [6.07, 6.45) is -4.14. The number of benzene rings is 1. The first-order valence-corrected chi connectivity index (χ1v) is 5.02. The minimum absolute atomic E-state index is 0.184. The van der Waals surface area contributed by atoms with E-state index >= 15 is 0 Å². The van der Waals surface area contributed by atoms with Crippen molar-refractivity contribution in [2.45, 2.75) is 6.18 Å². The molecule has 3 nitrogen and oxygen atoms in total. The van der Waals surface area contributed by atoms with E-state index in [1.807, 2.05) is 0 Å². The summed E-state index contributed by atoms with van der Waals surface area (Å²) in [5.41, 5.74) is -0.970. The number of alkyl halides is 3. The van der Waals surface area contributed by atoms with Crippen LogP contribution in [-0.4, -0.2) is 31.2 Å². The van der Waals surface area contributed by atoms with E-state index in [0.29, 0.717) is 11.1 Å². The van der Waals surface area contributed by atoms with Crippen LogP contribution in [-0.2, 0) is 4.84 Å². The number of nitrogens with zero attached hydrogens (tertiary/aromatic N) is 1. The molecule has 0 spiro atoms. The van der Waals surface area contributed by atoms with Crippen LogP contribution in [0.4, 0.5) is 13.2 Å². The van der Waals surface area contributed by atoms with Crippen molar-refractivity contribution in [1.82, 2.24) is 5.06 Å². The molecule has 0 aliphatic rings. The van der Waals surface area contributed by atoms with Gasteiger partial charge in [-0.05, 0) is 0 Å². The predicted octanol–water partition coefficient (Wildman–Crippen LogP) is 2.81. The molecule has 6 heteroatoms. The maximum Gasteiger partial charge on any atom is 0.433 e. The van der Waals surface area contributed by atoms with Crippen LogP contribution >= 0.6 is 0 Å². The molecule has 0 saturated heterocycles. The van der Waals surface area contributed by atoms with Crippen LogP contribution in [0.25, 0.3) is 0 Å². The Morgan fingerprint density at radius 3 is 2.28 bits per heavy atom. The Kier molecular flexibility index (Phi) is 4.49. The summed E-state index contributed by atoms with van der Waals surface area (Å²) in [7, 11) is 2.17. The maximum atomic E-state index is 12.7. The number of halogens is 3. The Bertz CT molecular complexity index is 440. The lowest BCUT2D eigenvalue weighted by Crippen LogP contribution is -2.28. The fourth-order valence-corrected chi connectivity index (χ4v) is 1.26. The maximum absolute atomic E-state index is 12.7. The Morgan fingerprint density at radius 1 is 1.28 bits per heavy atom. The number of hydrogen-bond acceptors (Lipinski definition) is 3. The molecule has 0 N–H and O–H groups in total. The molecule has 0 bridgehead atoms. The van der Waals surface area contributed by atoms with Gasteiger partial charge in [-0.3, -0.25) is 14.7 Å². The molecule has 0 aliphatic heterocycles. The lowest BCUT2D eigenvalue weighted by Gasteiger charge is -2.21. The van der Waals surface area contributed by atoms with Crippen molar-refractivity contribution in [3.63, 3.8) is 0 Å². The molecule has 18 heavy (non-hydrogen) atoms. The molecule has 0 unspecified atom stereocenters. The topological polar surface area (TPSA) is 29.5 Å². The molecule has 0 saturated carbocycles. The fourth-order valence-electron chi connectivity index (χ4n) is 1.26. The van der Waals surface area contributed by atoms with Gasteiger partial charge in [0, 0.05) is 18.7 Å². The van der Waals surface area contributed by atoms with Gasteiger partial charge in [0.1, 0.15) is 5.70 Å². The van der Waals surface area contributed by atoms with Crippen LogP contribution < -0.4 is 0 Å². The minimum Gasteiger partial charge on any atom is -0.289 e. The first kappa shape index (κ1) is 14.2. The number of carbonyl (C=O) groups is 1. The average molecular weight is 259 g/mol. The molecule has 1 aromatic carbocycles. The molecule has 0 heterocycles. The molecule has 0 aromatic heterocycles. The first-order chi connectivity index (χ1) is 8.36. The molecule has 1 rings (SSSR count). The first-order valence-electron chi connectivity index (χ1n) is 5.02. The lowest BCUT2D eigenvalue weighted by atomic mass is 10.1.